The van der Waals surface area contributed by atoms with Gasteiger partial charge in [-0.05, 0) is 116 Å². The van der Waals surface area contributed by atoms with Gasteiger partial charge in [0.1, 0.15) is 13.2 Å². The number of carbonyl (C=O) groups is 3. The highest BCUT2D eigenvalue weighted by Crippen LogP contribution is 2.16. The van der Waals surface area contributed by atoms with Crippen molar-refractivity contribution in [3.8, 4) is 0 Å². The number of rotatable bonds is 56. The van der Waals surface area contributed by atoms with Crippen LogP contribution in [0.3, 0.4) is 0 Å². The minimum absolute atomic E-state index is 0.0854. The van der Waals surface area contributed by atoms with E-state index < -0.39 is 6.10 Å². The molecule has 0 rings (SSSR count). The second-order valence-corrected chi connectivity index (χ2v) is 20.6. The van der Waals surface area contributed by atoms with Crippen LogP contribution in [0.15, 0.2) is 85.1 Å². The van der Waals surface area contributed by atoms with Crippen LogP contribution in [0.25, 0.3) is 0 Å². The number of ether oxygens (including phenoxy) is 3. The summed E-state index contributed by atoms with van der Waals surface area (Å²) in [6.45, 7) is 6.51. The van der Waals surface area contributed by atoms with Gasteiger partial charge in [-0.2, -0.15) is 0 Å². The fourth-order valence-electron chi connectivity index (χ4n) is 8.69. The fraction of sp³-hybridized carbons (Fsp3) is 0.746. The predicted octanol–water partition coefficient (Wildman–Crippen LogP) is 21.1. The Hall–Kier alpha value is -3.41. The zero-order valence-electron chi connectivity index (χ0n) is 48.1. The van der Waals surface area contributed by atoms with E-state index in [1.165, 1.54) is 161 Å². The molecule has 1 atom stereocenters. The molecule has 0 fully saturated rings. The Bertz CT molecular complexity index is 1400. The largest absolute Gasteiger partial charge is 0.462 e. The number of unbranched alkanes of at least 4 members (excludes halogenated alkanes) is 31. The molecule has 0 aromatic heterocycles. The van der Waals surface area contributed by atoms with Crippen molar-refractivity contribution in [1.82, 2.24) is 0 Å². The van der Waals surface area contributed by atoms with Crippen molar-refractivity contribution in [2.45, 2.75) is 309 Å². The minimum atomic E-state index is -0.789. The van der Waals surface area contributed by atoms with Crippen LogP contribution in [0.4, 0.5) is 0 Å². The van der Waals surface area contributed by atoms with Crippen molar-refractivity contribution >= 4 is 17.9 Å². The molecule has 0 N–H and O–H groups in total. The normalized spacial score (nSPS) is 12.6. The fourth-order valence-corrected chi connectivity index (χ4v) is 8.69. The second kappa shape index (κ2) is 61.1. The van der Waals surface area contributed by atoms with Crippen LogP contribution in [-0.2, 0) is 28.6 Å². The lowest BCUT2D eigenvalue weighted by Gasteiger charge is -2.18. The molecule has 0 spiro atoms. The molecule has 6 nitrogen and oxygen atoms in total. The quantitative estimate of drug-likeness (QED) is 0.0261. The summed E-state index contributed by atoms with van der Waals surface area (Å²) in [7, 11) is 0. The van der Waals surface area contributed by atoms with Gasteiger partial charge in [-0.15, -0.1) is 0 Å². The average molecular weight is 1020 g/mol. The van der Waals surface area contributed by atoms with Gasteiger partial charge in [-0.3, -0.25) is 14.4 Å². The van der Waals surface area contributed by atoms with E-state index in [4.69, 9.17) is 14.2 Å². The lowest BCUT2D eigenvalue weighted by Crippen LogP contribution is -2.30. The smallest absolute Gasteiger partial charge is 0.306 e. The van der Waals surface area contributed by atoms with E-state index in [0.717, 1.165) is 103 Å². The topological polar surface area (TPSA) is 78.9 Å². The van der Waals surface area contributed by atoms with Gasteiger partial charge in [0.05, 0.1) is 0 Å². The summed E-state index contributed by atoms with van der Waals surface area (Å²) in [5.41, 5.74) is 0. The molecule has 420 valence electrons. The molecule has 0 heterocycles. The first kappa shape index (κ1) is 69.6. The van der Waals surface area contributed by atoms with Crippen molar-refractivity contribution in [2.75, 3.05) is 13.2 Å². The van der Waals surface area contributed by atoms with Crippen LogP contribution in [0.2, 0.25) is 0 Å². The maximum Gasteiger partial charge on any atom is 0.306 e. The van der Waals surface area contributed by atoms with E-state index in [-0.39, 0.29) is 31.1 Å². The maximum absolute atomic E-state index is 12.9. The van der Waals surface area contributed by atoms with Gasteiger partial charge in [-0.1, -0.05) is 254 Å². The van der Waals surface area contributed by atoms with Crippen LogP contribution >= 0.6 is 0 Å². The molecule has 1 unspecified atom stereocenters. The first-order chi connectivity index (χ1) is 36.0. The molecule has 0 bridgehead atoms. The number of esters is 3. The third-order valence-corrected chi connectivity index (χ3v) is 13.4. The summed E-state index contributed by atoms with van der Waals surface area (Å²) in [6, 6.07) is 0. The summed E-state index contributed by atoms with van der Waals surface area (Å²) >= 11 is 0. The lowest BCUT2D eigenvalue weighted by atomic mass is 10.1. The molecular formula is C67H116O6. The summed E-state index contributed by atoms with van der Waals surface area (Å²) < 4.78 is 16.9. The van der Waals surface area contributed by atoms with E-state index in [1.54, 1.807) is 0 Å². The summed E-state index contributed by atoms with van der Waals surface area (Å²) in [6.07, 6.45) is 80.0. The average Bonchev–Trinajstić information content (AvgIpc) is 3.39. The molecule has 73 heavy (non-hydrogen) atoms. The van der Waals surface area contributed by atoms with Gasteiger partial charge in [0.15, 0.2) is 6.10 Å². The summed E-state index contributed by atoms with van der Waals surface area (Å²) in [5, 5.41) is 0. The molecule has 0 amide bonds. The monoisotopic (exact) mass is 1020 g/mol. The Kier molecular flexibility index (Phi) is 58.3. The van der Waals surface area contributed by atoms with E-state index in [9.17, 15) is 14.4 Å². The molecular weight excluding hydrogens is 901 g/mol. The van der Waals surface area contributed by atoms with Crippen LogP contribution in [0.5, 0.6) is 0 Å². The zero-order valence-corrected chi connectivity index (χ0v) is 48.1. The Morgan fingerprint density at radius 2 is 0.534 bits per heavy atom. The highest BCUT2D eigenvalue weighted by molar-refractivity contribution is 5.71. The maximum atomic E-state index is 12.9. The van der Waals surface area contributed by atoms with Crippen molar-refractivity contribution in [1.29, 1.82) is 0 Å². The standard InChI is InChI=1S/C67H116O6/c1-4-7-10-13-16-19-22-25-28-31-33-36-39-42-45-48-51-54-57-60-66(69)72-63-64(62-71-65(68)59-56-53-50-47-44-41-38-35-30-27-24-21-18-15-12-9-6-3)73-67(70)61-58-55-52-49-46-43-40-37-34-32-29-26-23-20-17-14-11-8-5-2/h7,10,16,18-19,21,25-30,33,36,64H,4-6,8-9,11-15,17,20,22-24,31-32,34-35,37-63H2,1-3H3/b10-7-,19-16-,21-18-,28-25-,29-26-,30-27-,36-33-. The molecule has 0 radical (unpaired) electrons. The first-order valence-electron chi connectivity index (χ1n) is 31.1. The SMILES string of the molecule is CC/C=C\C/C=C\C/C=C\C/C=C\CCCCCCCCC(=O)OCC(COC(=O)CCCCCCCCC/C=C\C/C=C\CCCCC)OC(=O)CCCCCCCCCCC/C=C\CCCCCCCC. The van der Waals surface area contributed by atoms with Crippen LogP contribution < -0.4 is 0 Å². The van der Waals surface area contributed by atoms with E-state index in [2.05, 4.69) is 106 Å². The van der Waals surface area contributed by atoms with E-state index in [0.29, 0.717) is 19.3 Å². The van der Waals surface area contributed by atoms with Crippen molar-refractivity contribution in [3.63, 3.8) is 0 Å². The Morgan fingerprint density at radius 3 is 0.877 bits per heavy atom. The number of hydrogen-bond acceptors (Lipinski definition) is 6. The van der Waals surface area contributed by atoms with Crippen LogP contribution in [-0.4, -0.2) is 37.2 Å². The Balaban J connectivity index is 4.42. The Morgan fingerprint density at radius 1 is 0.288 bits per heavy atom. The third kappa shape index (κ3) is 59.3. The Labute approximate surface area is 452 Å². The van der Waals surface area contributed by atoms with Gasteiger partial charge in [0, 0.05) is 19.3 Å². The highest BCUT2D eigenvalue weighted by Gasteiger charge is 2.19. The molecule has 0 aromatic rings. The molecule has 0 aromatic carbocycles. The van der Waals surface area contributed by atoms with Crippen molar-refractivity contribution < 1.29 is 28.6 Å². The number of carbonyl (C=O) groups excluding carboxylic acids is 3. The molecule has 6 heteroatoms. The summed E-state index contributed by atoms with van der Waals surface area (Å²) in [5.74, 6) is -0.898. The van der Waals surface area contributed by atoms with E-state index in [1.807, 2.05) is 0 Å². The van der Waals surface area contributed by atoms with Gasteiger partial charge >= 0.3 is 17.9 Å². The van der Waals surface area contributed by atoms with Gasteiger partial charge < -0.3 is 14.2 Å². The van der Waals surface area contributed by atoms with Gasteiger partial charge in [0.25, 0.3) is 0 Å². The van der Waals surface area contributed by atoms with Crippen LogP contribution in [0.1, 0.15) is 303 Å². The predicted molar refractivity (Wildman–Crippen MR) is 316 cm³/mol. The third-order valence-electron chi connectivity index (χ3n) is 13.4. The van der Waals surface area contributed by atoms with Crippen molar-refractivity contribution in [2.24, 2.45) is 0 Å². The zero-order chi connectivity index (χ0) is 52.9. The minimum Gasteiger partial charge on any atom is -0.462 e. The number of hydrogen-bond donors (Lipinski definition) is 0. The highest BCUT2D eigenvalue weighted by atomic mass is 16.6. The molecule has 0 saturated carbocycles. The van der Waals surface area contributed by atoms with E-state index >= 15 is 0 Å². The number of allylic oxidation sites excluding steroid dienone is 14. The lowest BCUT2D eigenvalue weighted by molar-refractivity contribution is -0.167. The second-order valence-electron chi connectivity index (χ2n) is 20.6. The molecule has 0 aliphatic carbocycles. The molecule has 0 saturated heterocycles. The summed E-state index contributed by atoms with van der Waals surface area (Å²) in [4.78, 5) is 38.3. The van der Waals surface area contributed by atoms with Gasteiger partial charge in [0.2, 0.25) is 0 Å². The molecule has 0 aliphatic heterocycles. The van der Waals surface area contributed by atoms with Crippen molar-refractivity contribution in [3.05, 3.63) is 85.1 Å². The van der Waals surface area contributed by atoms with Crippen LogP contribution in [0, 0.1) is 0 Å². The first-order valence-corrected chi connectivity index (χ1v) is 31.1. The molecule has 0 aliphatic rings. The van der Waals surface area contributed by atoms with Gasteiger partial charge in [-0.25, -0.2) is 0 Å².